The summed E-state index contributed by atoms with van der Waals surface area (Å²) in [4.78, 5) is 24.7. The monoisotopic (exact) mass is 1170 g/mol. The van der Waals surface area contributed by atoms with Crippen molar-refractivity contribution in [2.24, 2.45) is 0 Å². The molecule has 0 aliphatic heterocycles. The van der Waals surface area contributed by atoms with E-state index in [4.69, 9.17) is 4.74 Å². The Morgan fingerprint density at radius 3 is 0.735 bits per heavy atom. The van der Waals surface area contributed by atoms with E-state index in [0.717, 1.165) is 38.5 Å². The van der Waals surface area contributed by atoms with Gasteiger partial charge in [-0.05, 0) is 25.7 Å². The summed E-state index contributed by atoms with van der Waals surface area (Å²) in [6, 6.07) is -0.539. The largest absolute Gasteiger partial charge is 0.466 e. The highest BCUT2D eigenvalue weighted by atomic mass is 16.5. The van der Waals surface area contributed by atoms with Crippen LogP contribution in [-0.2, 0) is 14.3 Å². The Labute approximate surface area is 521 Å². The molecule has 3 N–H and O–H groups in total. The number of carbonyl (C=O) groups is 2. The molecule has 0 saturated carbocycles. The average molecular weight is 1170 g/mol. The van der Waals surface area contributed by atoms with Gasteiger partial charge in [0.25, 0.3) is 0 Å². The van der Waals surface area contributed by atoms with Crippen LogP contribution in [0, 0.1) is 0 Å². The lowest BCUT2D eigenvalue weighted by molar-refractivity contribution is -0.143. The van der Waals surface area contributed by atoms with E-state index in [1.54, 1.807) is 0 Å². The van der Waals surface area contributed by atoms with Crippen molar-refractivity contribution in [2.75, 3.05) is 13.2 Å². The third-order valence-corrected chi connectivity index (χ3v) is 18.7. The van der Waals surface area contributed by atoms with Crippen molar-refractivity contribution in [3.05, 3.63) is 0 Å². The number of nitrogens with one attached hydrogen (secondary N) is 1. The number of amides is 1. The van der Waals surface area contributed by atoms with Crippen molar-refractivity contribution in [3.8, 4) is 0 Å². The lowest BCUT2D eigenvalue weighted by Gasteiger charge is -2.22. The number of ether oxygens (including phenoxy) is 1. The molecule has 83 heavy (non-hydrogen) atoms. The van der Waals surface area contributed by atoms with Gasteiger partial charge in [-0.2, -0.15) is 0 Å². The lowest BCUT2D eigenvalue weighted by Crippen LogP contribution is -2.45. The lowest BCUT2D eigenvalue weighted by atomic mass is 10.0. The van der Waals surface area contributed by atoms with Crippen LogP contribution in [-0.4, -0.2) is 47.4 Å². The first-order chi connectivity index (χ1) is 41.0. The van der Waals surface area contributed by atoms with Crippen LogP contribution in [0.25, 0.3) is 0 Å². The molecular weight excluding hydrogens is 1020 g/mol. The van der Waals surface area contributed by atoms with Crippen LogP contribution in [0.1, 0.15) is 457 Å². The predicted octanol–water partition coefficient (Wildman–Crippen LogP) is 25.3. The first kappa shape index (κ1) is 81.9. The van der Waals surface area contributed by atoms with E-state index in [1.807, 2.05) is 0 Å². The molecule has 2 unspecified atom stereocenters. The molecule has 0 saturated heterocycles. The summed E-state index contributed by atoms with van der Waals surface area (Å²) in [5, 5.41) is 23.4. The second-order valence-electron chi connectivity index (χ2n) is 27.1. The van der Waals surface area contributed by atoms with Crippen LogP contribution in [0.2, 0.25) is 0 Å². The van der Waals surface area contributed by atoms with Gasteiger partial charge in [-0.25, -0.2) is 0 Å². The van der Waals surface area contributed by atoms with Crippen molar-refractivity contribution in [2.45, 2.75) is 469 Å². The van der Waals surface area contributed by atoms with E-state index in [0.29, 0.717) is 25.9 Å². The number of esters is 1. The Morgan fingerprint density at radius 2 is 0.494 bits per heavy atom. The second-order valence-corrected chi connectivity index (χ2v) is 27.1. The average Bonchev–Trinajstić information content (AvgIpc) is 3.49. The number of rotatable bonds is 74. The topological polar surface area (TPSA) is 95.9 Å². The molecule has 2 atom stereocenters. The highest BCUT2D eigenvalue weighted by molar-refractivity contribution is 5.76. The standard InChI is InChI=1S/C77H153NO5/c1-3-5-7-9-11-13-15-17-19-21-33-37-41-45-49-53-57-61-65-69-75(80)74(73-79)78-76(81)70-66-62-58-54-50-46-42-38-35-31-29-27-25-23-24-26-28-30-32-36-40-44-48-52-56-60-64-68-72-83-77(82)71-67-63-59-55-51-47-43-39-34-22-20-18-16-14-12-10-8-6-4-2/h74-75,79-80H,3-73H2,1-2H3,(H,78,81). The summed E-state index contributed by atoms with van der Waals surface area (Å²) < 4.78 is 5.52. The molecule has 0 spiro atoms. The normalized spacial score (nSPS) is 12.4. The van der Waals surface area contributed by atoms with Crippen LogP contribution in [0.3, 0.4) is 0 Å². The minimum Gasteiger partial charge on any atom is -0.466 e. The first-order valence-corrected chi connectivity index (χ1v) is 38.8. The molecule has 0 aromatic carbocycles. The van der Waals surface area contributed by atoms with Crippen molar-refractivity contribution in [1.29, 1.82) is 0 Å². The van der Waals surface area contributed by atoms with Gasteiger partial charge in [0.15, 0.2) is 0 Å². The molecule has 496 valence electrons. The smallest absolute Gasteiger partial charge is 0.305 e. The maximum atomic E-state index is 12.5. The Bertz CT molecular complexity index is 1210. The fourth-order valence-electron chi connectivity index (χ4n) is 12.8. The first-order valence-electron chi connectivity index (χ1n) is 38.8. The van der Waals surface area contributed by atoms with Crippen LogP contribution >= 0.6 is 0 Å². The van der Waals surface area contributed by atoms with E-state index >= 15 is 0 Å². The van der Waals surface area contributed by atoms with Gasteiger partial charge in [0.1, 0.15) is 0 Å². The van der Waals surface area contributed by atoms with E-state index in [-0.39, 0.29) is 18.5 Å². The van der Waals surface area contributed by atoms with E-state index in [2.05, 4.69) is 19.2 Å². The summed E-state index contributed by atoms with van der Waals surface area (Å²) in [5.41, 5.74) is 0. The molecule has 0 fully saturated rings. The SMILES string of the molecule is CCCCCCCCCCCCCCCCCCCCCC(=O)OCCCCCCCCCCCCCCCCCCCCCCCCCCCCCCC(=O)NC(CO)C(O)CCCCCCCCCCCCCCCCCCCCC. The third-order valence-electron chi connectivity index (χ3n) is 18.7. The van der Waals surface area contributed by atoms with Gasteiger partial charge >= 0.3 is 5.97 Å². The molecule has 6 heteroatoms. The van der Waals surface area contributed by atoms with Gasteiger partial charge in [0.2, 0.25) is 5.91 Å². The highest BCUT2D eigenvalue weighted by Gasteiger charge is 2.20. The highest BCUT2D eigenvalue weighted by Crippen LogP contribution is 2.20. The van der Waals surface area contributed by atoms with Gasteiger partial charge in [-0.1, -0.05) is 418 Å². The zero-order valence-corrected chi connectivity index (χ0v) is 57.0. The number of hydrogen-bond acceptors (Lipinski definition) is 5. The fourth-order valence-corrected chi connectivity index (χ4v) is 12.8. The zero-order chi connectivity index (χ0) is 59.9. The van der Waals surface area contributed by atoms with Crippen LogP contribution < -0.4 is 5.32 Å². The number of carbonyl (C=O) groups excluding carboxylic acids is 2. The van der Waals surface area contributed by atoms with Gasteiger partial charge in [-0.15, -0.1) is 0 Å². The third kappa shape index (κ3) is 69.8. The molecule has 6 nitrogen and oxygen atoms in total. The summed E-state index contributed by atoms with van der Waals surface area (Å²) in [7, 11) is 0. The quantitative estimate of drug-likeness (QED) is 0.0417. The van der Waals surface area contributed by atoms with E-state index in [1.165, 1.54) is 385 Å². The number of unbranched alkanes of at least 4 members (excludes halogenated alkanes) is 63. The van der Waals surface area contributed by atoms with Crippen molar-refractivity contribution in [1.82, 2.24) is 5.32 Å². The Balaban J connectivity index is 3.31. The van der Waals surface area contributed by atoms with Crippen molar-refractivity contribution >= 4 is 11.9 Å². The Kier molecular flexibility index (Phi) is 72.3. The summed E-state index contributed by atoms with van der Waals surface area (Å²) in [6.45, 7) is 5.02. The van der Waals surface area contributed by atoms with Crippen LogP contribution in [0.5, 0.6) is 0 Å². The van der Waals surface area contributed by atoms with Crippen molar-refractivity contribution < 1.29 is 24.5 Å². The van der Waals surface area contributed by atoms with Gasteiger partial charge in [0, 0.05) is 12.8 Å². The number of aliphatic hydroxyl groups is 2. The molecule has 0 bridgehead atoms. The summed E-state index contributed by atoms with van der Waals surface area (Å²) in [5.74, 6) is -0.00104. The van der Waals surface area contributed by atoms with E-state index < -0.39 is 12.1 Å². The Hall–Kier alpha value is -1.14. The maximum absolute atomic E-state index is 12.5. The number of aliphatic hydroxyl groups excluding tert-OH is 2. The molecular formula is C77H153NO5. The van der Waals surface area contributed by atoms with E-state index in [9.17, 15) is 19.8 Å². The van der Waals surface area contributed by atoms with Crippen LogP contribution in [0.15, 0.2) is 0 Å². The fraction of sp³-hybridized carbons (Fsp3) is 0.974. The summed E-state index contributed by atoms with van der Waals surface area (Å²) >= 11 is 0. The second kappa shape index (κ2) is 73.3. The molecule has 0 aliphatic carbocycles. The molecule has 0 aliphatic rings. The molecule has 0 aromatic heterocycles. The van der Waals surface area contributed by atoms with Gasteiger partial charge < -0.3 is 20.3 Å². The molecule has 0 rings (SSSR count). The Morgan fingerprint density at radius 1 is 0.289 bits per heavy atom. The molecule has 0 aromatic rings. The van der Waals surface area contributed by atoms with Crippen molar-refractivity contribution in [3.63, 3.8) is 0 Å². The number of hydrogen-bond donors (Lipinski definition) is 3. The summed E-state index contributed by atoms with van der Waals surface area (Å²) in [6.07, 6.45) is 90.4. The zero-order valence-electron chi connectivity index (χ0n) is 57.0. The molecule has 0 heterocycles. The minimum atomic E-state index is -0.662. The van der Waals surface area contributed by atoms with Gasteiger partial charge in [-0.3, -0.25) is 9.59 Å². The molecule has 1 amide bonds. The van der Waals surface area contributed by atoms with Crippen LogP contribution in [0.4, 0.5) is 0 Å². The minimum absolute atomic E-state index is 0.0253. The maximum Gasteiger partial charge on any atom is 0.305 e. The molecule has 0 radical (unpaired) electrons. The predicted molar refractivity (Wildman–Crippen MR) is 366 cm³/mol. The van der Waals surface area contributed by atoms with Gasteiger partial charge in [0.05, 0.1) is 25.4 Å².